The zero-order valence-electron chi connectivity index (χ0n) is 12.5. The first kappa shape index (κ1) is 15.5. The number of hydrogen-bond donors (Lipinski definition) is 2. The van der Waals surface area contributed by atoms with Crippen LogP contribution in [0.15, 0.2) is 42.6 Å². The topological polar surface area (TPSA) is 54.4 Å². The van der Waals surface area contributed by atoms with Gasteiger partial charge in [-0.1, -0.05) is 17.7 Å². The molecular weight excluding hydrogens is 264 g/mol. The van der Waals surface area contributed by atoms with Gasteiger partial charge in [0.25, 0.3) is 0 Å². The number of nitrogens with zero attached hydrogens (tertiary/aromatic N) is 1. The van der Waals surface area contributed by atoms with Crippen LogP contribution in [0.1, 0.15) is 29.8 Å². The van der Waals surface area contributed by atoms with Crippen molar-refractivity contribution in [2.75, 3.05) is 13.2 Å². The van der Waals surface area contributed by atoms with Crippen molar-refractivity contribution in [1.29, 1.82) is 0 Å². The average Bonchev–Trinajstić information content (AvgIpc) is 2.50. The summed E-state index contributed by atoms with van der Waals surface area (Å²) in [5.74, 6) is 0.746. The molecule has 0 saturated carbocycles. The summed E-state index contributed by atoms with van der Waals surface area (Å²) in [4.78, 5) is 4.24. The van der Waals surface area contributed by atoms with Crippen LogP contribution in [0.3, 0.4) is 0 Å². The number of aliphatic hydroxyl groups is 1. The summed E-state index contributed by atoms with van der Waals surface area (Å²) in [6.45, 7) is 5.63. The lowest BCUT2D eigenvalue weighted by Crippen LogP contribution is -2.22. The van der Waals surface area contributed by atoms with Crippen molar-refractivity contribution in [1.82, 2.24) is 10.3 Å². The third kappa shape index (κ3) is 4.55. The summed E-state index contributed by atoms with van der Waals surface area (Å²) in [7, 11) is 0. The van der Waals surface area contributed by atoms with Gasteiger partial charge >= 0.3 is 0 Å². The maximum atomic E-state index is 10.4. The van der Waals surface area contributed by atoms with E-state index in [1.54, 1.807) is 6.20 Å². The van der Waals surface area contributed by atoms with E-state index >= 15 is 0 Å². The molecule has 1 aromatic carbocycles. The molecule has 1 heterocycles. The molecule has 21 heavy (non-hydrogen) atoms. The van der Waals surface area contributed by atoms with Gasteiger partial charge in [0.1, 0.15) is 5.75 Å². The standard InChI is InChI=1S/C17H22N2O2/c1-3-21-17-8-7-13(2)10-15(17)16(20)12-18-11-14-6-4-5-9-19-14/h4-10,16,18,20H,3,11-12H2,1-2H3. The number of pyridine rings is 1. The molecule has 2 aromatic rings. The van der Waals surface area contributed by atoms with Crippen molar-refractivity contribution < 1.29 is 9.84 Å². The predicted molar refractivity (Wildman–Crippen MR) is 83.3 cm³/mol. The number of benzene rings is 1. The van der Waals surface area contributed by atoms with Crippen molar-refractivity contribution in [2.45, 2.75) is 26.5 Å². The van der Waals surface area contributed by atoms with Gasteiger partial charge in [0.2, 0.25) is 0 Å². The van der Waals surface area contributed by atoms with Crippen LogP contribution in [0.2, 0.25) is 0 Å². The van der Waals surface area contributed by atoms with Gasteiger partial charge < -0.3 is 15.2 Å². The molecule has 0 amide bonds. The van der Waals surface area contributed by atoms with Crippen LogP contribution in [0.5, 0.6) is 5.75 Å². The summed E-state index contributed by atoms with van der Waals surface area (Å²) in [5.41, 5.74) is 2.89. The first-order chi connectivity index (χ1) is 10.2. The summed E-state index contributed by atoms with van der Waals surface area (Å²) in [6.07, 6.45) is 1.16. The molecule has 1 aromatic heterocycles. The maximum Gasteiger partial charge on any atom is 0.125 e. The van der Waals surface area contributed by atoms with E-state index in [9.17, 15) is 5.11 Å². The van der Waals surface area contributed by atoms with Gasteiger partial charge in [-0.2, -0.15) is 0 Å². The second kappa shape index (κ2) is 7.76. The third-order valence-corrected chi connectivity index (χ3v) is 3.19. The van der Waals surface area contributed by atoms with E-state index < -0.39 is 6.10 Å². The van der Waals surface area contributed by atoms with Gasteiger partial charge in [-0.15, -0.1) is 0 Å². The van der Waals surface area contributed by atoms with Gasteiger partial charge in [-0.25, -0.2) is 0 Å². The van der Waals surface area contributed by atoms with Crippen LogP contribution >= 0.6 is 0 Å². The van der Waals surface area contributed by atoms with Gasteiger partial charge in [0.05, 0.1) is 18.4 Å². The predicted octanol–water partition coefficient (Wildman–Crippen LogP) is 2.61. The number of aryl methyl sites for hydroxylation is 1. The first-order valence-corrected chi connectivity index (χ1v) is 7.22. The first-order valence-electron chi connectivity index (χ1n) is 7.22. The van der Waals surface area contributed by atoms with Crippen LogP contribution in [0, 0.1) is 6.92 Å². The summed E-state index contributed by atoms with van der Waals surface area (Å²) >= 11 is 0. The van der Waals surface area contributed by atoms with Crippen LogP contribution < -0.4 is 10.1 Å². The highest BCUT2D eigenvalue weighted by molar-refractivity contribution is 5.38. The molecule has 2 rings (SSSR count). The largest absolute Gasteiger partial charge is 0.493 e. The summed E-state index contributed by atoms with van der Waals surface area (Å²) in [5, 5.41) is 13.6. The zero-order chi connectivity index (χ0) is 15.1. The van der Waals surface area contributed by atoms with Crippen molar-refractivity contribution in [3.05, 3.63) is 59.4 Å². The Balaban J connectivity index is 1.96. The molecule has 0 fully saturated rings. The molecule has 0 radical (unpaired) electrons. The van der Waals surface area contributed by atoms with Crippen molar-refractivity contribution in [3.8, 4) is 5.75 Å². The number of aliphatic hydroxyl groups excluding tert-OH is 1. The monoisotopic (exact) mass is 286 g/mol. The second-order valence-electron chi connectivity index (χ2n) is 4.94. The van der Waals surface area contributed by atoms with E-state index in [0.29, 0.717) is 19.7 Å². The fraction of sp³-hybridized carbons (Fsp3) is 0.353. The van der Waals surface area contributed by atoms with E-state index in [1.807, 2.05) is 50.2 Å². The second-order valence-corrected chi connectivity index (χ2v) is 4.94. The highest BCUT2D eigenvalue weighted by Crippen LogP contribution is 2.26. The third-order valence-electron chi connectivity index (χ3n) is 3.19. The van der Waals surface area contributed by atoms with Crippen LogP contribution in [-0.2, 0) is 6.54 Å². The number of aromatic nitrogens is 1. The minimum absolute atomic E-state index is 0.458. The number of ether oxygens (including phenoxy) is 1. The molecule has 4 heteroatoms. The minimum atomic E-state index is -0.602. The fourth-order valence-corrected chi connectivity index (χ4v) is 2.16. The molecule has 112 valence electrons. The average molecular weight is 286 g/mol. The van der Waals surface area contributed by atoms with Gasteiger partial charge in [0, 0.05) is 24.8 Å². The van der Waals surface area contributed by atoms with E-state index in [1.165, 1.54) is 0 Å². The molecular formula is C17H22N2O2. The molecule has 0 spiro atoms. The Morgan fingerprint density at radius 2 is 2.14 bits per heavy atom. The van der Waals surface area contributed by atoms with Gasteiger partial charge in [0.15, 0.2) is 0 Å². The molecule has 0 saturated heterocycles. The van der Waals surface area contributed by atoms with E-state index in [4.69, 9.17) is 4.74 Å². The molecule has 2 N–H and O–H groups in total. The smallest absolute Gasteiger partial charge is 0.125 e. The van der Waals surface area contributed by atoms with Crippen LogP contribution in [0.4, 0.5) is 0 Å². The number of hydrogen-bond acceptors (Lipinski definition) is 4. The van der Waals surface area contributed by atoms with Crippen molar-refractivity contribution in [2.24, 2.45) is 0 Å². The number of nitrogens with one attached hydrogen (secondary N) is 1. The Kier molecular flexibility index (Phi) is 5.72. The lowest BCUT2D eigenvalue weighted by atomic mass is 10.1. The van der Waals surface area contributed by atoms with E-state index in [0.717, 1.165) is 22.6 Å². The Morgan fingerprint density at radius 3 is 2.86 bits per heavy atom. The lowest BCUT2D eigenvalue weighted by Gasteiger charge is -2.17. The summed E-state index contributed by atoms with van der Waals surface area (Å²) in [6, 6.07) is 11.7. The van der Waals surface area contributed by atoms with Crippen molar-refractivity contribution >= 4 is 0 Å². The minimum Gasteiger partial charge on any atom is -0.493 e. The van der Waals surface area contributed by atoms with Crippen LogP contribution in [0.25, 0.3) is 0 Å². The highest BCUT2D eigenvalue weighted by atomic mass is 16.5. The molecule has 0 aliphatic heterocycles. The van der Waals surface area contributed by atoms with Crippen LogP contribution in [-0.4, -0.2) is 23.2 Å². The summed E-state index contributed by atoms with van der Waals surface area (Å²) < 4.78 is 5.58. The normalized spacial score (nSPS) is 12.1. The lowest BCUT2D eigenvalue weighted by molar-refractivity contribution is 0.168. The molecule has 1 atom stereocenters. The van der Waals surface area contributed by atoms with E-state index in [2.05, 4.69) is 10.3 Å². The Bertz CT molecular complexity index is 558. The molecule has 0 aliphatic rings. The number of rotatable bonds is 7. The Hall–Kier alpha value is -1.91. The quantitative estimate of drug-likeness (QED) is 0.821. The Labute approximate surface area is 125 Å². The van der Waals surface area contributed by atoms with E-state index in [-0.39, 0.29) is 0 Å². The molecule has 4 nitrogen and oxygen atoms in total. The SMILES string of the molecule is CCOc1ccc(C)cc1C(O)CNCc1ccccn1. The van der Waals surface area contributed by atoms with Crippen molar-refractivity contribution in [3.63, 3.8) is 0 Å². The molecule has 0 aliphatic carbocycles. The van der Waals surface area contributed by atoms with Gasteiger partial charge in [-0.3, -0.25) is 4.98 Å². The Morgan fingerprint density at radius 1 is 1.29 bits per heavy atom. The fourth-order valence-electron chi connectivity index (χ4n) is 2.16. The van der Waals surface area contributed by atoms with Gasteiger partial charge in [-0.05, 0) is 38.1 Å². The zero-order valence-corrected chi connectivity index (χ0v) is 12.5. The maximum absolute atomic E-state index is 10.4. The highest BCUT2D eigenvalue weighted by Gasteiger charge is 2.13. The molecule has 0 bridgehead atoms. The molecule has 1 unspecified atom stereocenters.